The first-order valence-corrected chi connectivity index (χ1v) is 6.31. The highest BCUT2D eigenvalue weighted by Crippen LogP contribution is 2.15. The second kappa shape index (κ2) is 7.04. The minimum Gasteiger partial charge on any atom is -0.279 e. The van der Waals surface area contributed by atoms with Crippen LogP contribution in [0.3, 0.4) is 0 Å². The van der Waals surface area contributed by atoms with Crippen molar-refractivity contribution in [2.45, 2.75) is 12.8 Å². The zero-order valence-corrected chi connectivity index (χ0v) is 10.9. The molecule has 0 atom stereocenters. The first-order valence-electron chi connectivity index (χ1n) is 6.31. The number of anilines is 1. The maximum Gasteiger partial charge on any atom is 0.269 e. The topological polar surface area (TPSA) is 67.5 Å². The fourth-order valence-corrected chi connectivity index (χ4v) is 1.72. The predicted molar refractivity (Wildman–Crippen MR) is 80.0 cm³/mol. The number of hydrogen-bond donors (Lipinski definition) is 1. The molecule has 0 aliphatic rings. The van der Waals surface area contributed by atoms with Gasteiger partial charge in [0.25, 0.3) is 5.69 Å². The summed E-state index contributed by atoms with van der Waals surface area (Å²) < 4.78 is 0. The lowest BCUT2D eigenvalue weighted by molar-refractivity contribution is -0.384. The summed E-state index contributed by atoms with van der Waals surface area (Å²) in [5, 5.41) is 14.6. The van der Waals surface area contributed by atoms with Crippen LogP contribution in [-0.2, 0) is 6.42 Å². The number of aryl methyl sites for hydroxylation is 1. The molecular weight excluding hydrogens is 254 g/mol. The van der Waals surface area contributed by atoms with Gasteiger partial charge in [-0.15, -0.1) is 0 Å². The SMILES string of the molecule is O=[N+]([O-])c1ccc(N/N=C\CCc2ccccc2)cc1. The molecule has 2 aromatic rings. The average Bonchev–Trinajstić information content (AvgIpc) is 2.48. The van der Waals surface area contributed by atoms with Crippen molar-refractivity contribution in [1.29, 1.82) is 0 Å². The van der Waals surface area contributed by atoms with Crippen LogP contribution in [0.4, 0.5) is 11.4 Å². The quantitative estimate of drug-likeness (QED) is 0.494. The van der Waals surface area contributed by atoms with Gasteiger partial charge in [0.1, 0.15) is 0 Å². The summed E-state index contributed by atoms with van der Waals surface area (Å²) in [6.07, 6.45) is 3.57. The summed E-state index contributed by atoms with van der Waals surface area (Å²) in [5.41, 5.74) is 4.92. The molecule has 0 aliphatic heterocycles. The molecule has 2 aromatic carbocycles. The van der Waals surface area contributed by atoms with Crippen LogP contribution >= 0.6 is 0 Å². The van der Waals surface area contributed by atoms with Crippen LogP contribution < -0.4 is 5.43 Å². The molecule has 20 heavy (non-hydrogen) atoms. The van der Waals surface area contributed by atoms with Crippen molar-refractivity contribution in [2.75, 3.05) is 5.43 Å². The number of rotatable bonds is 6. The van der Waals surface area contributed by atoms with Gasteiger partial charge in [-0.1, -0.05) is 30.3 Å². The van der Waals surface area contributed by atoms with Crippen molar-refractivity contribution in [1.82, 2.24) is 0 Å². The highest BCUT2D eigenvalue weighted by Gasteiger charge is 2.02. The summed E-state index contributed by atoms with van der Waals surface area (Å²) in [5.74, 6) is 0. The third kappa shape index (κ3) is 4.20. The molecule has 2 rings (SSSR count). The van der Waals surface area contributed by atoms with Gasteiger partial charge in [-0.2, -0.15) is 5.10 Å². The van der Waals surface area contributed by atoms with Gasteiger partial charge < -0.3 is 0 Å². The zero-order chi connectivity index (χ0) is 14.2. The lowest BCUT2D eigenvalue weighted by Crippen LogP contribution is -1.92. The molecule has 0 unspecified atom stereocenters. The Morgan fingerprint density at radius 2 is 1.80 bits per heavy atom. The average molecular weight is 269 g/mol. The zero-order valence-electron chi connectivity index (χ0n) is 10.9. The summed E-state index contributed by atoms with van der Waals surface area (Å²) in [6.45, 7) is 0. The highest BCUT2D eigenvalue weighted by atomic mass is 16.6. The number of nitrogens with zero attached hydrogens (tertiary/aromatic N) is 2. The third-order valence-corrected chi connectivity index (χ3v) is 2.77. The van der Waals surface area contributed by atoms with Gasteiger partial charge in [0.05, 0.1) is 10.6 Å². The fourth-order valence-electron chi connectivity index (χ4n) is 1.72. The van der Waals surface area contributed by atoms with Gasteiger partial charge in [0, 0.05) is 18.3 Å². The number of hydrazone groups is 1. The highest BCUT2D eigenvalue weighted by molar-refractivity contribution is 5.60. The van der Waals surface area contributed by atoms with E-state index < -0.39 is 4.92 Å². The molecule has 1 N–H and O–H groups in total. The lowest BCUT2D eigenvalue weighted by atomic mass is 10.1. The van der Waals surface area contributed by atoms with E-state index in [4.69, 9.17) is 0 Å². The lowest BCUT2D eigenvalue weighted by Gasteiger charge is -1.99. The van der Waals surface area contributed by atoms with E-state index in [1.165, 1.54) is 17.7 Å². The van der Waals surface area contributed by atoms with Crippen LogP contribution in [0.25, 0.3) is 0 Å². The summed E-state index contributed by atoms with van der Waals surface area (Å²) in [6, 6.07) is 16.3. The molecule has 0 amide bonds. The predicted octanol–water partition coefficient (Wildman–Crippen LogP) is 3.63. The Balaban J connectivity index is 1.77. The molecule has 0 heterocycles. The standard InChI is InChI=1S/C15H15N3O2/c19-18(20)15-10-8-14(9-11-15)17-16-12-4-7-13-5-2-1-3-6-13/h1-3,5-6,8-12,17H,4,7H2/b16-12-. The number of nitrogens with one attached hydrogen (secondary N) is 1. The Hall–Kier alpha value is -2.69. The third-order valence-electron chi connectivity index (χ3n) is 2.77. The maximum absolute atomic E-state index is 10.5. The minimum absolute atomic E-state index is 0.0728. The molecule has 0 saturated heterocycles. The number of hydrogen-bond acceptors (Lipinski definition) is 4. The van der Waals surface area contributed by atoms with Gasteiger partial charge in [-0.25, -0.2) is 0 Å². The van der Waals surface area contributed by atoms with Crippen LogP contribution in [0.1, 0.15) is 12.0 Å². The molecule has 5 heteroatoms. The number of non-ortho nitro benzene ring substituents is 1. The van der Waals surface area contributed by atoms with E-state index in [0.29, 0.717) is 0 Å². The van der Waals surface area contributed by atoms with E-state index in [-0.39, 0.29) is 5.69 Å². The van der Waals surface area contributed by atoms with Crippen LogP contribution in [-0.4, -0.2) is 11.1 Å². The Kier molecular flexibility index (Phi) is 4.83. The van der Waals surface area contributed by atoms with E-state index in [1.807, 2.05) is 18.2 Å². The molecular formula is C15H15N3O2. The molecule has 0 fully saturated rings. The van der Waals surface area contributed by atoms with Crippen LogP contribution in [0.5, 0.6) is 0 Å². The Morgan fingerprint density at radius 3 is 2.45 bits per heavy atom. The van der Waals surface area contributed by atoms with E-state index in [1.54, 1.807) is 18.3 Å². The summed E-state index contributed by atoms with van der Waals surface area (Å²) in [7, 11) is 0. The Morgan fingerprint density at radius 1 is 1.10 bits per heavy atom. The van der Waals surface area contributed by atoms with Gasteiger partial charge in [0.2, 0.25) is 0 Å². The number of benzene rings is 2. The Labute approximate surface area is 117 Å². The second-order valence-corrected chi connectivity index (χ2v) is 4.25. The molecule has 0 radical (unpaired) electrons. The van der Waals surface area contributed by atoms with Crippen LogP contribution in [0.15, 0.2) is 59.7 Å². The van der Waals surface area contributed by atoms with Crippen molar-refractivity contribution in [3.63, 3.8) is 0 Å². The monoisotopic (exact) mass is 269 g/mol. The minimum atomic E-state index is -0.424. The molecule has 102 valence electrons. The molecule has 5 nitrogen and oxygen atoms in total. The van der Waals surface area contributed by atoms with Crippen molar-refractivity contribution in [3.05, 3.63) is 70.3 Å². The van der Waals surface area contributed by atoms with Crippen LogP contribution in [0, 0.1) is 10.1 Å². The molecule has 0 spiro atoms. The van der Waals surface area contributed by atoms with E-state index in [2.05, 4.69) is 22.7 Å². The molecule has 0 aliphatic carbocycles. The number of nitro benzene ring substituents is 1. The van der Waals surface area contributed by atoms with E-state index in [0.717, 1.165) is 18.5 Å². The molecule has 0 bridgehead atoms. The first kappa shape index (κ1) is 13.7. The van der Waals surface area contributed by atoms with Gasteiger partial charge in [-0.3, -0.25) is 15.5 Å². The maximum atomic E-state index is 10.5. The first-order chi connectivity index (χ1) is 9.75. The van der Waals surface area contributed by atoms with Crippen LogP contribution in [0.2, 0.25) is 0 Å². The molecule has 0 saturated carbocycles. The molecule has 0 aromatic heterocycles. The fraction of sp³-hybridized carbons (Fsp3) is 0.133. The smallest absolute Gasteiger partial charge is 0.269 e. The van der Waals surface area contributed by atoms with Gasteiger partial charge >= 0.3 is 0 Å². The van der Waals surface area contributed by atoms with E-state index >= 15 is 0 Å². The van der Waals surface area contributed by atoms with Gasteiger partial charge in [0.15, 0.2) is 0 Å². The Bertz CT molecular complexity index is 580. The second-order valence-electron chi connectivity index (χ2n) is 4.25. The normalized spacial score (nSPS) is 10.6. The van der Waals surface area contributed by atoms with Gasteiger partial charge in [-0.05, 0) is 30.5 Å². The number of nitro groups is 1. The summed E-state index contributed by atoms with van der Waals surface area (Å²) in [4.78, 5) is 10.1. The van der Waals surface area contributed by atoms with Crippen molar-refractivity contribution < 1.29 is 4.92 Å². The van der Waals surface area contributed by atoms with Crippen molar-refractivity contribution in [2.24, 2.45) is 5.10 Å². The largest absolute Gasteiger partial charge is 0.279 e. The van der Waals surface area contributed by atoms with Crippen molar-refractivity contribution in [3.8, 4) is 0 Å². The van der Waals surface area contributed by atoms with Crippen molar-refractivity contribution >= 4 is 17.6 Å². The summed E-state index contributed by atoms with van der Waals surface area (Å²) >= 11 is 0. The van der Waals surface area contributed by atoms with E-state index in [9.17, 15) is 10.1 Å².